The lowest BCUT2D eigenvalue weighted by molar-refractivity contribution is 0.247. The molecule has 1 atom stereocenters. The second-order valence-electron chi connectivity index (χ2n) is 9.46. The third-order valence-electron chi connectivity index (χ3n) is 6.96. The zero-order valence-electron chi connectivity index (χ0n) is 18.8. The Balaban J connectivity index is 1.21. The number of rotatable bonds is 3. The summed E-state index contributed by atoms with van der Waals surface area (Å²) in [5.74, 6) is 1.91. The molecule has 0 saturated heterocycles. The molecule has 8 heteroatoms. The largest absolute Gasteiger partial charge is 0.439 e. The van der Waals surface area contributed by atoms with Crippen LogP contribution < -0.4 is 15.4 Å². The first-order chi connectivity index (χ1) is 16.0. The van der Waals surface area contributed by atoms with E-state index in [0.29, 0.717) is 36.6 Å². The number of carbonyl (C=O) groups excluding carboxylic acids is 1. The van der Waals surface area contributed by atoms with E-state index in [2.05, 4.69) is 39.4 Å². The lowest BCUT2D eigenvalue weighted by Crippen LogP contribution is -2.33. The van der Waals surface area contributed by atoms with Gasteiger partial charge in [0.15, 0.2) is 0 Å². The van der Waals surface area contributed by atoms with E-state index >= 15 is 0 Å². The van der Waals surface area contributed by atoms with Crippen LogP contribution in [0.25, 0.3) is 10.9 Å². The molecule has 1 aliphatic carbocycles. The van der Waals surface area contributed by atoms with Crippen LogP contribution in [0.15, 0.2) is 53.4 Å². The normalized spacial score (nSPS) is 20.7. The molecule has 0 unspecified atom stereocenters. The van der Waals surface area contributed by atoms with Gasteiger partial charge in [-0.25, -0.2) is 14.8 Å². The number of ether oxygens (including phenoxy) is 1. The van der Waals surface area contributed by atoms with Gasteiger partial charge in [0.05, 0.1) is 17.8 Å². The Morgan fingerprint density at radius 3 is 3.00 bits per heavy atom. The van der Waals surface area contributed by atoms with Crippen molar-refractivity contribution >= 4 is 22.8 Å². The van der Waals surface area contributed by atoms with Gasteiger partial charge >= 0.3 is 6.03 Å². The zero-order chi connectivity index (χ0) is 22.6. The van der Waals surface area contributed by atoms with E-state index in [0.717, 1.165) is 28.6 Å². The van der Waals surface area contributed by atoms with E-state index in [1.807, 2.05) is 30.3 Å². The van der Waals surface area contributed by atoms with Crippen molar-refractivity contribution in [3.8, 4) is 11.6 Å². The first kappa shape index (κ1) is 20.1. The standard InChI is InChI=1S/C25H26N6O2/c1-15-9-19-20(13-26-15)28-14-29-23(19)33-18-3-4-21-16(10-18)5-8-31(21)24(32)30-22-11-17(12-27-22)25(2)6-7-25/h3-5,8,10-11,14-15,26H,6-7,9,12-13H2,1-2H3,(H,27,30,32)/t15-/m0/s1. The molecule has 8 nitrogen and oxygen atoms in total. The Bertz CT molecular complexity index is 1330. The number of hydrogen-bond acceptors (Lipinski definition) is 6. The molecular weight excluding hydrogens is 416 g/mol. The Morgan fingerprint density at radius 1 is 1.27 bits per heavy atom. The van der Waals surface area contributed by atoms with Gasteiger partial charge in [-0.3, -0.25) is 14.9 Å². The maximum absolute atomic E-state index is 12.9. The minimum Gasteiger partial charge on any atom is -0.439 e. The van der Waals surface area contributed by atoms with Crippen LogP contribution in [0.5, 0.6) is 11.6 Å². The minimum absolute atomic E-state index is 0.220. The van der Waals surface area contributed by atoms with Crippen LogP contribution in [0.2, 0.25) is 0 Å². The summed E-state index contributed by atoms with van der Waals surface area (Å²) in [6.07, 6.45) is 8.57. The predicted molar refractivity (Wildman–Crippen MR) is 126 cm³/mol. The molecule has 2 aliphatic heterocycles. The fourth-order valence-electron chi connectivity index (χ4n) is 4.54. The molecule has 1 saturated carbocycles. The molecule has 0 radical (unpaired) electrons. The van der Waals surface area contributed by atoms with Crippen molar-refractivity contribution in [3.63, 3.8) is 0 Å². The number of amides is 1. The van der Waals surface area contributed by atoms with Crippen LogP contribution in [-0.2, 0) is 13.0 Å². The number of aromatic nitrogens is 3. The van der Waals surface area contributed by atoms with E-state index in [1.54, 1.807) is 17.1 Å². The molecule has 6 rings (SSSR count). The quantitative estimate of drug-likeness (QED) is 0.641. The molecule has 2 N–H and O–H groups in total. The number of hydrogen-bond donors (Lipinski definition) is 2. The maximum atomic E-state index is 12.9. The number of nitrogens with zero attached hydrogens (tertiary/aromatic N) is 4. The monoisotopic (exact) mass is 442 g/mol. The summed E-state index contributed by atoms with van der Waals surface area (Å²) in [5.41, 5.74) is 4.42. The van der Waals surface area contributed by atoms with Gasteiger partial charge in [0.25, 0.3) is 0 Å². The molecule has 1 fully saturated rings. The van der Waals surface area contributed by atoms with Gasteiger partial charge in [-0.15, -0.1) is 0 Å². The summed E-state index contributed by atoms with van der Waals surface area (Å²) in [6, 6.07) is 7.73. The number of nitrogens with one attached hydrogen (secondary N) is 2. The summed E-state index contributed by atoms with van der Waals surface area (Å²) in [7, 11) is 0. The Morgan fingerprint density at radius 2 is 2.15 bits per heavy atom. The number of carbonyl (C=O) groups is 1. The lowest BCUT2D eigenvalue weighted by Gasteiger charge is -2.23. The second kappa shape index (κ2) is 7.52. The molecule has 0 spiro atoms. The van der Waals surface area contributed by atoms with Crippen molar-refractivity contribution < 1.29 is 9.53 Å². The van der Waals surface area contributed by atoms with Gasteiger partial charge in [0, 0.05) is 29.7 Å². The van der Waals surface area contributed by atoms with E-state index in [1.165, 1.54) is 18.4 Å². The first-order valence-corrected chi connectivity index (χ1v) is 11.4. The van der Waals surface area contributed by atoms with Gasteiger partial charge in [-0.2, -0.15) is 0 Å². The van der Waals surface area contributed by atoms with Crippen molar-refractivity contribution in [3.05, 3.63) is 59.7 Å². The van der Waals surface area contributed by atoms with Gasteiger partial charge in [0.2, 0.25) is 5.88 Å². The van der Waals surface area contributed by atoms with Crippen molar-refractivity contribution in [1.82, 2.24) is 25.2 Å². The number of benzene rings is 1. The van der Waals surface area contributed by atoms with Gasteiger partial charge in [-0.05, 0) is 67.5 Å². The highest BCUT2D eigenvalue weighted by Gasteiger charge is 2.41. The average Bonchev–Trinajstić information content (AvgIpc) is 3.20. The van der Waals surface area contributed by atoms with Crippen molar-refractivity contribution in [2.24, 2.45) is 10.4 Å². The maximum Gasteiger partial charge on any atom is 0.331 e. The molecule has 4 heterocycles. The van der Waals surface area contributed by atoms with Crippen LogP contribution in [0, 0.1) is 5.41 Å². The van der Waals surface area contributed by atoms with Gasteiger partial charge < -0.3 is 10.1 Å². The Kier molecular flexibility index (Phi) is 4.58. The fourth-order valence-corrected chi connectivity index (χ4v) is 4.54. The molecule has 1 amide bonds. The molecule has 0 bridgehead atoms. The van der Waals surface area contributed by atoms with Crippen molar-refractivity contribution in [2.45, 2.75) is 45.7 Å². The van der Waals surface area contributed by atoms with Crippen LogP contribution in [-0.4, -0.2) is 39.0 Å². The van der Waals surface area contributed by atoms with E-state index < -0.39 is 0 Å². The minimum atomic E-state index is -0.220. The smallest absolute Gasteiger partial charge is 0.331 e. The van der Waals surface area contributed by atoms with E-state index in [-0.39, 0.29) is 11.4 Å². The van der Waals surface area contributed by atoms with Crippen LogP contribution in [0.4, 0.5) is 4.79 Å². The highest BCUT2D eigenvalue weighted by Crippen LogP contribution is 2.52. The molecule has 3 aliphatic rings. The molecule has 168 valence electrons. The molecular formula is C25H26N6O2. The summed E-state index contributed by atoms with van der Waals surface area (Å²) < 4.78 is 7.75. The van der Waals surface area contributed by atoms with Crippen LogP contribution in [0.3, 0.4) is 0 Å². The highest BCUT2D eigenvalue weighted by molar-refractivity contribution is 6.07. The number of fused-ring (bicyclic) bond motifs is 2. The summed E-state index contributed by atoms with van der Waals surface area (Å²) in [6.45, 7) is 5.79. The van der Waals surface area contributed by atoms with E-state index in [9.17, 15) is 4.79 Å². The predicted octanol–water partition coefficient (Wildman–Crippen LogP) is 3.95. The molecule has 3 aromatic rings. The molecule has 1 aromatic carbocycles. The summed E-state index contributed by atoms with van der Waals surface area (Å²) in [4.78, 5) is 26.1. The molecule has 33 heavy (non-hydrogen) atoms. The average molecular weight is 443 g/mol. The first-order valence-electron chi connectivity index (χ1n) is 11.4. The van der Waals surface area contributed by atoms with Crippen molar-refractivity contribution in [1.29, 1.82) is 0 Å². The topological polar surface area (TPSA) is 93.4 Å². The SMILES string of the molecule is C[C@H]1Cc2c(ncnc2Oc2ccc3c(ccn3C(=O)NC3=NCC(C4(C)CC4)=C3)c2)CN1. The van der Waals surface area contributed by atoms with Crippen LogP contribution >= 0.6 is 0 Å². The van der Waals surface area contributed by atoms with Gasteiger partial charge in [0.1, 0.15) is 17.9 Å². The summed E-state index contributed by atoms with van der Waals surface area (Å²) >= 11 is 0. The fraction of sp³-hybridized carbons (Fsp3) is 0.360. The Hall–Kier alpha value is -3.52. The number of amidine groups is 1. The van der Waals surface area contributed by atoms with E-state index in [4.69, 9.17) is 4.74 Å². The third kappa shape index (κ3) is 3.70. The number of aliphatic imine (C=N–C) groups is 1. The summed E-state index contributed by atoms with van der Waals surface area (Å²) in [5, 5.41) is 7.26. The highest BCUT2D eigenvalue weighted by atomic mass is 16.5. The van der Waals surface area contributed by atoms with Crippen molar-refractivity contribution in [2.75, 3.05) is 6.54 Å². The van der Waals surface area contributed by atoms with Crippen LogP contribution in [0.1, 0.15) is 37.9 Å². The lowest BCUT2D eigenvalue weighted by atomic mass is 9.99. The third-order valence-corrected chi connectivity index (χ3v) is 6.96. The zero-order valence-corrected chi connectivity index (χ0v) is 18.8. The second-order valence-corrected chi connectivity index (χ2v) is 9.46. The van der Waals surface area contributed by atoms with Gasteiger partial charge in [-0.1, -0.05) is 6.92 Å². The molecule has 2 aromatic heterocycles. The Labute approximate surface area is 191 Å².